The standard InChI is InChI=1S/C16H16O2/c1-11-9-12(2)15(18-3)10-14(11)16(17)13-7-5-4-6-8-13/h4-10H,1-3H3. The largest absolute Gasteiger partial charge is 0.496 e. The number of ether oxygens (including phenoxy) is 1. The van der Waals surface area contributed by atoms with Gasteiger partial charge in [0.25, 0.3) is 0 Å². The van der Waals surface area contributed by atoms with Crippen molar-refractivity contribution in [1.29, 1.82) is 0 Å². The third kappa shape index (κ3) is 2.28. The first-order valence-corrected chi connectivity index (χ1v) is 5.88. The Morgan fingerprint density at radius 1 is 1.00 bits per heavy atom. The summed E-state index contributed by atoms with van der Waals surface area (Å²) in [6.45, 7) is 3.92. The molecule has 92 valence electrons. The Morgan fingerprint density at radius 2 is 1.67 bits per heavy atom. The maximum absolute atomic E-state index is 12.4. The van der Waals surface area contributed by atoms with Crippen LogP contribution < -0.4 is 4.74 Å². The molecule has 2 heteroatoms. The first-order valence-electron chi connectivity index (χ1n) is 5.88. The Balaban J connectivity index is 2.48. The van der Waals surface area contributed by atoms with E-state index in [2.05, 4.69) is 0 Å². The lowest BCUT2D eigenvalue weighted by Gasteiger charge is -2.10. The van der Waals surface area contributed by atoms with E-state index in [1.807, 2.05) is 56.3 Å². The summed E-state index contributed by atoms with van der Waals surface area (Å²) in [5, 5.41) is 0. The summed E-state index contributed by atoms with van der Waals surface area (Å²) in [4.78, 5) is 12.4. The summed E-state index contributed by atoms with van der Waals surface area (Å²) >= 11 is 0. The van der Waals surface area contributed by atoms with Crippen LogP contribution in [0, 0.1) is 13.8 Å². The second kappa shape index (κ2) is 5.05. The number of methoxy groups -OCH3 is 1. The summed E-state index contributed by atoms with van der Waals surface area (Å²) in [7, 11) is 1.62. The number of aryl methyl sites for hydroxylation is 2. The Hall–Kier alpha value is -2.09. The first kappa shape index (κ1) is 12.4. The highest BCUT2D eigenvalue weighted by atomic mass is 16.5. The van der Waals surface area contributed by atoms with Crippen molar-refractivity contribution in [2.45, 2.75) is 13.8 Å². The van der Waals surface area contributed by atoms with Crippen LogP contribution in [0.2, 0.25) is 0 Å². The molecule has 0 aliphatic rings. The smallest absolute Gasteiger partial charge is 0.193 e. The Bertz CT molecular complexity index is 571. The molecule has 0 unspecified atom stereocenters. The molecule has 2 nitrogen and oxygen atoms in total. The van der Waals surface area contributed by atoms with Gasteiger partial charge >= 0.3 is 0 Å². The molecule has 0 aromatic heterocycles. The van der Waals surface area contributed by atoms with E-state index in [0.29, 0.717) is 11.1 Å². The van der Waals surface area contributed by atoms with E-state index in [4.69, 9.17) is 4.74 Å². The van der Waals surface area contributed by atoms with Gasteiger partial charge in [-0.15, -0.1) is 0 Å². The molecule has 0 N–H and O–H groups in total. The highest BCUT2D eigenvalue weighted by molar-refractivity contribution is 6.10. The quantitative estimate of drug-likeness (QED) is 0.767. The van der Waals surface area contributed by atoms with Crippen LogP contribution in [0.1, 0.15) is 27.0 Å². The molecule has 2 rings (SSSR count). The van der Waals surface area contributed by atoms with Gasteiger partial charge in [0, 0.05) is 11.1 Å². The fraction of sp³-hybridized carbons (Fsp3) is 0.188. The first-order chi connectivity index (χ1) is 8.63. The molecule has 2 aromatic rings. The monoisotopic (exact) mass is 240 g/mol. The number of benzene rings is 2. The molecule has 18 heavy (non-hydrogen) atoms. The third-order valence-electron chi connectivity index (χ3n) is 3.02. The summed E-state index contributed by atoms with van der Waals surface area (Å²) in [6, 6.07) is 13.1. The number of ketones is 1. The van der Waals surface area contributed by atoms with Crippen LogP contribution in [0.15, 0.2) is 42.5 Å². The average molecular weight is 240 g/mol. The van der Waals surface area contributed by atoms with Crippen molar-refractivity contribution in [2.75, 3.05) is 7.11 Å². The Kier molecular flexibility index (Phi) is 3.47. The Morgan fingerprint density at radius 3 is 2.28 bits per heavy atom. The van der Waals surface area contributed by atoms with Crippen molar-refractivity contribution in [2.24, 2.45) is 0 Å². The highest BCUT2D eigenvalue weighted by Crippen LogP contribution is 2.24. The van der Waals surface area contributed by atoms with Crippen molar-refractivity contribution < 1.29 is 9.53 Å². The van der Waals surface area contributed by atoms with Gasteiger partial charge in [-0.3, -0.25) is 4.79 Å². The lowest BCUT2D eigenvalue weighted by atomic mass is 9.97. The van der Waals surface area contributed by atoms with Gasteiger partial charge in [-0.05, 0) is 31.0 Å². The van der Waals surface area contributed by atoms with Crippen LogP contribution >= 0.6 is 0 Å². The maximum Gasteiger partial charge on any atom is 0.193 e. The van der Waals surface area contributed by atoms with Crippen LogP contribution in [0.3, 0.4) is 0 Å². The SMILES string of the molecule is COc1cc(C(=O)c2ccccc2)c(C)cc1C. The van der Waals surface area contributed by atoms with E-state index in [9.17, 15) is 4.79 Å². The van der Waals surface area contributed by atoms with Crippen LogP contribution in [-0.4, -0.2) is 12.9 Å². The van der Waals surface area contributed by atoms with Crippen LogP contribution in [0.4, 0.5) is 0 Å². The minimum atomic E-state index is 0.0337. The predicted molar refractivity (Wildman–Crippen MR) is 72.3 cm³/mol. The topological polar surface area (TPSA) is 26.3 Å². The molecule has 0 bridgehead atoms. The minimum absolute atomic E-state index is 0.0337. The molecule has 0 saturated carbocycles. The molecule has 2 aromatic carbocycles. The predicted octanol–water partition coefficient (Wildman–Crippen LogP) is 3.54. The third-order valence-corrected chi connectivity index (χ3v) is 3.02. The van der Waals surface area contributed by atoms with Crippen molar-refractivity contribution >= 4 is 5.78 Å². The van der Waals surface area contributed by atoms with E-state index in [1.165, 1.54) is 0 Å². The number of hydrogen-bond donors (Lipinski definition) is 0. The van der Waals surface area contributed by atoms with Crippen molar-refractivity contribution in [3.05, 3.63) is 64.7 Å². The van der Waals surface area contributed by atoms with E-state index < -0.39 is 0 Å². The van der Waals surface area contributed by atoms with Gasteiger partial charge in [0.05, 0.1) is 7.11 Å². The van der Waals surface area contributed by atoms with E-state index in [1.54, 1.807) is 7.11 Å². The molecular formula is C16H16O2. The molecule has 0 aliphatic heterocycles. The van der Waals surface area contributed by atoms with Crippen molar-refractivity contribution in [3.63, 3.8) is 0 Å². The van der Waals surface area contributed by atoms with Crippen LogP contribution in [0.25, 0.3) is 0 Å². The second-order valence-corrected chi connectivity index (χ2v) is 4.33. The molecular weight excluding hydrogens is 224 g/mol. The van der Waals surface area contributed by atoms with Crippen LogP contribution in [-0.2, 0) is 0 Å². The van der Waals surface area contributed by atoms with Crippen molar-refractivity contribution in [1.82, 2.24) is 0 Å². The van der Waals surface area contributed by atoms with Gasteiger partial charge in [-0.2, -0.15) is 0 Å². The molecule has 0 fully saturated rings. The molecule has 0 amide bonds. The summed E-state index contributed by atoms with van der Waals surface area (Å²) < 4.78 is 5.27. The molecule has 0 aliphatic carbocycles. The summed E-state index contributed by atoms with van der Waals surface area (Å²) in [5.74, 6) is 0.784. The minimum Gasteiger partial charge on any atom is -0.496 e. The van der Waals surface area contributed by atoms with Gasteiger partial charge in [0.1, 0.15) is 5.75 Å². The normalized spacial score (nSPS) is 10.2. The number of carbonyl (C=O) groups is 1. The summed E-state index contributed by atoms with van der Waals surface area (Å²) in [6.07, 6.45) is 0. The second-order valence-electron chi connectivity index (χ2n) is 4.33. The number of carbonyl (C=O) groups excluding carboxylic acids is 1. The lowest BCUT2D eigenvalue weighted by Crippen LogP contribution is -2.04. The molecule has 0 saturated heterocycles. The molecule has 0 atom stereocenters. The average Bonchev–Trinajstić information content (AvgIpc) is 2.39. The molecule has 0 heterocycles. The van der Waals surface area contributed by atoms with Crippen LogP contribution in [0.5, 0.6) is 5.75 Å². The fourth-order valence-electron chi connectivity index (χ4n) is 2.04. The highest BCUT2D eigenvalue weighted by Gasteiger charge is 2.13. The Labute approximate surface area is 107 Å². The van der Waals surface area contributed by atoms with E-state index >= 15 is 0 Å². The van der Waals surface area contributed by atoms with Gasteiger partial charge in [0.2, 0.25) is 0 Å². The molecule has 0 spiro atoms. The summed E-state index contributed by atoms with van der Waals surface area (Å²) in [5.41, 5.74) is 3.41. The van der Waals surface area contributed by atoms with Crippen molar-refractivity contribution in [3.8, 4) is 5.75 Å². The zero-order chi connectivity index (χ0) is 13.1. The lowest BCUT2D eigenvalue weighted by molar-refractivity contribution is 0.103. The van der Waals surface area contributed by atoms with E-state index in [-0.39, 0.29) is 5.78 Å². The zero-order valence-corrected chi connectivity index (χ0v) is 10.9. The maximum atomic E-state index is 12.4. The fourth-order valence-corrected chi connectivity index (χ4v) is 2.04. The van der Waals surface area contributed by atoms with Gasteiger partial charge in [-0.25, -0.2) is 0 Å². The van der Waals surface area contributed by atoms with Gasteiger partial charge in [-0.1, -0.05) is 36.4 Å². The number of hydrogen-bond acceptors (Lipinski definition) is 2. The van der Waals surface area contributed by atoms with Gasteiger partial charge in [0.15, 0.2) is 5.78 Å². The molecule has 0 radical (unpaired) electrons. The van der Waals surface area contributed by atoms with E-state index in [0.717, 1.165) is 16.9 Å². The number of rotatable bonds is 3. The zero-order valence-electron chi connectivity index (χ0n) is 10.9. The van der Waals surface area contributed by atoms with Gasteiger partial charge < -0.3 is 4.74 Å².